The highest BCUT2D eigenvalue weighted by atomic mass is 16.2. The van der Waals surface area contributed by atoms with Gasteiger partial charge in [0.25, 0.3) is 0 Å². The topological polar surface area (TPSA) is 61.0 Å². The van der Waals surface area contributed by atoms with Gasteiger partial charge in [-0.05, 0) is 55.6 Å². The highest BCUT2D eigenvalue weighted by molar-refractivity contribution is 5.84. The smallest absolute Gasteiger partial charge is 0.242 e. The van der Waals surface area contributed by atoms with E-state index < -0.39 is 0 Å². The second-order valence-electron chi connectivity index (χ2n) is 6.83. The van der Waals surface area contributed by atoms with Crippen molar-refractivity contribution < 1.29 is 4.79 Å². The van der Waals surface area contributed by atoms with Crippen LogP contribution in [0.5, 0.6) is 0 Å². The summed E-state index contributed by atoms with van der Waals surface area (Å²) in [5.41, 5.74) is 3.35. The number of pyridine rings is 1. The van der Waals surface area contributed by atoms with E-state index in [-0.39, 0.29) is 11.9 Å². The SMILES string of the molecule is O=C(NCCc1c[nH]c2ccccc12)C(c1cccnc1)N1CCCC1. The van der Waals surface area contributed by atoms with Crippen LogP contribution in [0.4, 0.5) is 0 Å². The van der Waals surface area contributed by atoms with E-state index in [1.165, 1.54) is 10.9 Å². The lowest BCUT2D eigenvalue weighted by molar-refractivity contribution is -0.126. The number of amides is 1. The number of para-hydroxylation sites is 1. The lowest BCUT2D eigenvalue weighted by Gasteiger charge is -2.26. The fourth-order valence-corrected chi connectivity index (χ4v) is 3.82. The van der Waals surface area contributed by atoms with Crippen LogP contribution in [0, 0.1) is 0 Å². The molecule has 1 unspecified atom stereocenters. The lowest BCUT2D eigenvalue weighted by Crippen LogP contribution is -2.40. The normalized spacial score (nSPS) is 16.0. The van der Waals surface area contributed by atoms with Gasteiger partial charge >= 0.3 is 0 Å². The quantitative estimate of drug-likeness (QED) is 0.720. The Hall–Kier alpha value is -2.66. The summed E-state index contributed by atoms with van der Waals surface area (Å²) in [5, 5.41) is 4.37. The first-order chi connectivity index (χ1) is 12.8. The Morgan fingerprint density at radius 1 is 1.19 bits per heavy atom. The molecule has 2 N–H and O–H groups in total. The molecule has 134 valence electrons. The fraction of sp³-hybridized carbons (Fsp3) is 0.333. The molecule has 1 aromatic carbocycles. The van der Waals surface area contributed by atoms with Crippen LogP contribution in [0.15, 0.2) is 55.0 Å². The third-order valence-electron chi connectivity index (χ3n) is 5.12. The van der Waals surface area contributed by atoms with E-state index in [0.717, 1.165) is 43.4 Å². The minimum Gasteiger partial charge on any atom is -0.361 e. The van der Waals surface area contributed by atoms with Crippen molar-refractivity contribution in [2.75, 3.05) is 19.6 Å². The summed E-state index contributed by atoms with van der Waals surface area (Å²) < 4.78 is 0. The van der Waals surface area contributed by atoms with Gasteiger partial charge in [-0.25, -0.2) is 0 Å². The molecule has 1 amide bonds. The van der Waals surface area contributed by atoms with Crippen molar-refractivity contribution in [2.45, 2.75) is 25.3 Å². The molecule has 1 aliphatic rings. The molecule has 0 radical (unpaired) electrons. The molecule has 1 atom stereocenters. The minimum atomic E-state index is -0.242. The van der Waals surface area contributed by atoms with Gasteiger partial charge in [0.1, 0.15) is 6.04 Å². The van der Waals surface area contributed by atoms with E-state index in [4.69, 9.17) is 0 Å². The molecule has 0 spiro atoms. The van der Waals surface area contributed by atoms with Crippen molar-refractivity contribution in [3.05, 3.63) is 66.1 Å². The maximum atomic E-state index is 12.9. The Balaban J connectivity index is 1.43. The van der Waals surface area contributed by atoms with E-state index >= 15 is 0 Å². The number of nitrogens with one attached hydrogen (secondary N) is 2. The van der Waals surface area contributed by atoms with Gasteiger partial charge in [0.2, 0.25) is 5.91 Å². The summed E-state index contributed by atoms with van der Waals surface area (Å²) in [4.78, 5) is 22.7. The van der Waals surface area contributed by atoms with E-state index in [9.17, 15) is 4.79 Å². The number of hydrogen-bond acceptors (Lipinski definition) is 3. The third kappa shape index (κ3) is 3.48. The molecule has 1 fully saturated rings. The van der Waals surface area contributed by atoms with Crippen molar-refractivity contribution in [3.8, 4) is 0 Å². The number of hydrogen-bond donors (Lipinski definition) is 2. The van der Waals surface area contributed by atoms with Gasteiger partial charge in [-0.15, -0.1) is 0 Å². The molecule has 1 aliphatic heterocycles. The molecular weight excluding hydrogens is 324 g/mol. The molecular formula is C21H24N4O. The summed E-state index contributed by atoms with van der Waals surface area (Å²) in [6.07, 6.45) is 8.71. The highest BCUT2D eigenvalue weighted by Gasteiger charge is 2.29. The van der Waals surface area contributed by atoms with Gasteiger partial charge in [-0.2, -0.15) is 0 Å². The van der Waals surface area contributed by atoms with Gasteiger partial charge < -0.3 is 10.3 Å². The summed E-state index contributed by atoms with van der Waals surface area (Å²) in [7, 11) is 0. The average molecular weight is 348 g/mol. The molecule has 5 heteroatoms. The van der Waals surface area contributed by atoms with Crippen LogP contribution < -0.4 is 5.32 Å². The van der Waals surface area contributed by atoms with Crippen molar-refractivity contribution in [1.82, 2.24) is 20.2 Å². The molecule has 26 heavy (non-hydrogen) atoms. The number of H-pyrrole nitrogens is 1. The Morgan fingerprint density at radius 3 is 2.85 bits per heavy atom. The second-order valence-corrected chi connectivity index (χ2v) is 6.83. The molecule has 4 rings (SSSR count). The first kappa shape index (κ1) is 16.8. The molecule has 2 aromatic heterocycles. The number of aromatic nitrogens is 2. The van der Waals surface area contributed by atoms with E-state index in [0.29, 0.717) is 6.54 Å². The Morgan fingerprint density at radius 2 is 2.04 bits per heavy atom. The predicted molar refractivity (Wildman–Crippen MR) is 103 cm³/mol. The molecule has 3 aromatic rings. The molecule has 0 bridgehead atoms. The number of carbonyl (C=O) groups excluding carboxylic acids is 1. The Labute approximate surface area is 153 Å². The molecule has 1 saturated heterocycles. The molecule has 0 saturated carbocycles. The summed E-state index contributed by atoms with van der Waals surface area (Å²) >= 11 is 0. The summed E-state index contributed by atoms with van der Waals surface area (Å²) in [6.45, 7) is 2.57. The lowest BCUT2D eigenvalue weighted by atomic mass is 10.1. The van der Waals surface area contributed by atoms with Crippen molar-refractivity contribution >= 4 is 16.8 Å². The summed E-state index contributed by atoms with van der Waals surface area (Å²) in [5.74, 6) is 0.0692. The second kappa shape index (κ2) is 7.70. The van der Waals surface area contributed by atoms with Crippen LogP contribution in [0.25, 0.3) is 10.9 Å². The number of likely N-dealkylation sites (tertiary alicyclic amines) is 1. The molecule has 5 nitrogen and oxygen atoms in total. The van der Waals surface area contributed by atoms with Crippen molar-refractivity contribution in [3.63, 3.8) is 0 Å². The number of benzene rings is 1. The van der Waals surface area contributed by atoms with Crippen LogP contribution in [-0.4, -0.2) is 40.4 Å². The summed E-state index contributed by atoms with van der Waals surface area (Å²) in [6, 6.07) is 11.9. The van der Waals surface area contributed by atoms with Crippen molar-refractivity contribution in [2.24, 2.45) is 0 Å². The zero-order chi connectivity index (χ0) is 17.8. The first-order valence-electron chi connectivity index (χ1n) is 9.29. The van der Waals surface area contributed by atoms with Crippen LogP contribution in [0.2, 0.25) is 0 Å². The first-order valence-corrected chi connectivity index (χ1v) is 9.29. The van der Waals surface area contributed by atoms with Crippen LogP contribution in [0.3, 0.4) is 0 Å². The molecule has 3 heterocycles. The number of aromatic amines is 1. The van der Waals surface area contributed by atoms with Gasteiger partial charge in [-0.3, -0.25) is 14.7 Å². The van der Waals surface area contributed by atoms with Crippen LogP contribution in [-0.2, 0) is 11.2 Å². The van der Waals surface area contributed by atoms with E-state index in [1.807, 2.05) is 36.7 Å². The zero-order valence-corrected chi connectivity index (χ0v) is 14.8. The zero-order valence-electron chi connectivity index (χ0n) is 14.8. The fourth-order valence-electron chi connectivity index (χ4n) is 3.82. The number of nitrogens with zero attached hydrogens (tertiary/aromatic N) is 2. The number of carbonyl (C=O) groups is 1. The van der Waals surface area contributed by atoms with E-state index in [2.05, 4.69) is 32.3 Å². The number of rotatable bonds is 6. The average Bonchev–Trinajstić information content (AvgIpc) is 3.34. The van der Waals surface area contributed by atoms with Crippen molar-refractivity contribution in [1.29, 1.82) is 0 Å². The largest absolute Gasteiger partial charge is 0.361 e. The van der Waals surface area contributed by atoms with Crippen LogP contribution >= 0.6 is 0 Å². The monoisotopic (exact) mass is 348 g/mol. The van der Waals surface area contributed by atoms with E-state index in [1.54, 1.807) is 6.20 Å². The maximum absolute atomic E-state index is 12.9. The molecule has 0 aliphatic carbocycles. The van der Waals surface area contributed by atoms with Gasteiger partial charge in [-0.1, -0.05) is 24.3 Å². The third-order valence-corrected chi connectivity index (χ3v) is 5.12. The Kier molecular flexibility index (Phi) is 4.97. The number of fused-ring (bicyclic) bond motifs is 1. The highest BCUT2D eigenvalue weighted by Crippen LogP contribution is 2.25. The van der Waals surface area contributed by atoms with Gasteiger partial charge in [0.15, 0.2) is 0 Å². The minimum absolute atomic E-state index is 0.0692. The Bertz CT molecular complexity index is 868. The van der Waals surface area contributed by atoms with Gasteiger partial charge in [0, 0.05) is 36.0 Å². The standard InChI is InChI=1S/C21H24N4O/c26-21(20(25-12-3-4-13-25)17-6-5-10-22-14-17)23-11-9-16-15-24-19-8-2-1-7-18(16)19/h1-2,5-8,10,14-15,20,24H,3-4,9,11-13H2,(H,23,26). The predicted octanol–water partition coefficient (Wildman–Crippen LogP) is 3.06. The maximum Gasteiger partial charge on any atom is 0.242 e. The van der Waals surface area contributed by atoms with Crippen LogP contribution in [0.1, 0.15) is 30.0 Å². The van der Waals surface area contributed by atoms with Gasteiger partial charge in [0.05, 0.1) is 0 Å².